The molecule has 2 N–H and O–H groups in total. The molecule has 0 aliphatic heterocycles. The van der Waals surface area contributed by atoms with Gasteiger partial charge in [0.2, 0.25) is 5.78 Å². The smallest absolute Gasteiger partial charge is 0.355 e. The van der Waals surface area contributed by atoms with Crippen molar-refractivity contribution < 1.29 is 38.4 Å². The number of Topliss-reactive ketones (excluding diaryl/α,β-unsaturated/α-hetero) is 1. The molecule has 33 heavy (non-hydrogen) atoms. The third kappa shape index (κ3) is 5.43. The van der Waals surface area contributed by atoms with Gasteiger partial charge < -0.3 is 15.2 Å². The number of ketones is 1. The van der Waals surface area contributed by atoms with Crippen LogP contribution in [0.3, 0.4) is 0 Å². The number of nitrogen functional groups attached to an aromatic ring is 1. The first kappa shape index (κ1) is 24.5. The molecule has 3 rings (SSSR count). The Kier molecular flexibility index (Phi) is 5.72. The van der Waals surface area contributed by atoms with Crippen molar-refractivity contribution in [3.63, 3.8) is 0 Å². The highest BCUT2D eigenvalue weighted by molar-refractivity contribution is 8.45. The van der Waals surface area contributed by atoms with E-state index in [1.165, 1.54) is 16.6 Å². The Morgan fingerprint density at radius 2 is 1.82 bits per heavy atom. The number of nitrogens with two attached hydrogens (primary N) is 1. The van der Waals surface area contributed by atoms with E-state index in [0.29, 0.717) is 0 Å². The third-order valence-corrected chi connectivity index (χ3v) is 6.00. The average Bonchev–Trinajstić information content (AvgIpc) is 3.04. The molecule has 8 nitrogen and oxygen atoms in total. The number of carbonyl (C=O) groups excluding carboxylic acids is 1. The number of rotatable bonds is 9. The molecule has 0 aliphatic carbocycles. The lowest BCUT2D eigenvalue weighted by atomic mass is 10.1. The Morgan fingerprint density at radius 1 is 1.15 bits per heavy atom. The van der Waals surface area contributed by atoms with Crippen molar-refractivity contribution in [2.75, 3.05) is 12.8 Å². The highest BCUT2D eigenvalue weighted by Crippen LogP contribution is 3.02. The van der Waals surface area contributed by atoms with Crippen LogP contribution in [0.25, 0.3) is 5.65 Å². The molecule has 3 aromatic rings. The van der Waals surface area contributed by atoms with E-state index in [-0.39, 0.29) is 35.7 Å². The van der Waals surface area contributed by atoms with E-state index < -0.39 is 38.8 Å². The predicted molar refractivity (Wildman–Crippen MR) is 111 cm³/mol. The van der Waals surface area contributed by atoms with Gasteiger partial charge in [0.05, 0.1) is 7.11 Å². The second kappa shape index (κ2) is 7.71. The number of fused-ring (bicyclic) bond motifs is 1. The van der Waals surface area contributed by atoms with Gasteiger partial charge in [0.25, 0.3) is 5.88 Å². The number of hydrogen-bond acceptors (Lipinski definition) is 6. The molecule has 0 unspecified atom stereocenters. The van der Waals surface area contributed by atoms with Crippen LogP contribution in [0.2, 0.25) is 0 Å². The monoisotopic (exact) mass is 496 g/mol. The maximum atomic E-state index is 13.3. The van der Waals surface area contributed by atoms with Crippen molar-refractivity contribution >= 4 is 27.6 Å². The molecule has 0 radical (unpaired) electrons. The number of benzene rings is 1. The molecule has 0 fully saturated rings. The zero-order valence-corrected chi connectivity index (χ0v) is 18.8. The lowest BCUT2D eigenvalue weighted by molar-refractivity contribution is -0.714. The number of anilines is 1. The average molecular weight is 496 g/mol. The number of carbonyl (C=O) groups is 1. The van der Waals surface area contributed by atoms with Gasteiger partial charge in [0, 0.05) is 23.8 Å². The van der Waals surface area contributed by atoms with E-state index in [2.05, 4.69) is 14.9 Å². The van der Waals surface area contributed by atoms with E-state index in [0.717, 1.165) is 30.7 Å². The number of hydrogen-bond donors (Lipinski definition) is 1. The minimum atomic E-state index is -10.0. The molecule has 1 aromatic carbocycles. The number of ether oxygens (including phenoxy) is 2. The van der Waals surface area contributed by atoms with E-state index in [9.17, 15) is 24.2 Å². The van der Waals surface area contributed by atoms with Crippen LogP contribution in [0.15, 0.2) is 35.2 Å². The molecular weight excluding hydrogens is 473 g/mol. The normalized spacial score (nSPS) is 14.2. The fraction of sp³-hybridized carbons (Fsp3) is 0.368. The van der Waals surface area contributed by atoms with E-state index in [4.69, 9.17) is 10.5 Å². The van der Waals surface area contributed by atoms with Gasteiger partial charge in [-0.1, -0.05) is 37.8 Å². The van der Waals surface area contributed by atoms with Gasteiger partial charge in [-0.15, -0.1) is 4.68 Å². The number of nitrogens with zero attached hydrogens (tertiary/aromatic N) is 4. The Balaban J connectivity index is 1.96. The van der Waals surface area contributed by atoms with Crippen LogP contribution in [0.5, 0.6) is 11.6 Å². The molecule has 0 aliphatic rings. The summed E-state index contributed by atoms with van der Waals surface area (Å²) >= 11 is 0. The molecule has 0 atom stereocenters. The van der Waals surface area contributed by atoms with E-state index >= 15 is 0 Å². The molecular formula is C19H23F5N5O3S+. The standard InChI is InChI=1S/C19H23F5N5O3S/c1-4-13(5-2)32-17-6-7-18-28(27-19(25)29(18)26-17)11-16(30)12-8-14(31-3)10-15(9-12)33(20,21,22,23)24/h6-10,13H,4-5,11H2,1-3H3,(H2,25,27)/q+1. The highest BCUT2D eigenvalue weighted by atomic mass is 32.5. The summed E-state index contributed by atoms with van der Waals surface area (Å²) < 4.78 is 79.2. The van der Waals surface area contributed by atoms with Crippen LogP contribution in [-0.4, -0.2) is 33.7 Å². The highest BCUT2D eigenvalue weighted by Gasteiger charge is 2.65. The molecule has 0 bridgehead atoms. The fourth-order valence-electron chi connectivity index (χ4n) is 3.09. The third-order valence-electron chi connectivity index (χ3n) is 4.87. The molecule has 14 heteroatoms. The number of methoxy groups -OCH3 is 1. The molecule has 0 amide bonds. The minimum absolute atomic E-state index is 0.0649. The summed E-state index contributed by atoms with van der Waals surface area (Å²) in [6.07, 6.45) is 1.45. The van der Waals surface area contributed by atoms with Gasteiger partial charge in [0.1, 0.15) is 16.7 Å². The van der Waals surface area contributed by atoms with Gasteiger partial charge >= 0.3 is 21.8 Å². The summed E-state index contributed by atoms with van der Waals surface area (Å²) in [7, 11) is -9.04. The summed E-state index contributed by atoms with van der Waals surface area (Å²) in [6, 6.07) is 4.26. The second-order valence-electron chi connectivity index (χ2n) is 7.30. The van der Waals surface area contributed by atoms with Crippen LogP contribution in [0.1, 0.15) is 37.0 Å². The summed E-state index contributed by atoms with van der Waals surface area (Å²) in [5, 5.41) is 8.20. The van der Waals surface area contributed by atoms with Crippen LogP contribution < -0.4 is 19.9 Å². The zero-order chi connectivity index (χ0) is 24.7. The van der Waals surface area contributed by atoms with Crippen LogP contribution in [0.4, 0.5) is 25.4 Å². The Labute approximate surface area is 185 Å². The van der Waals surface area contributed by atoms with Crippen LogP contribution >= 0.6 is 10.2 Å². The number of halogens is 5. The first-order valence-electron chi connectivity index (χ1n) is 9.83. The van der Waals surface area contributed by atoms with E-state index in [1.807, 2.05) is 13.8 Å². The predicted octanol–water partition coefficient (Wildman–Crippen LogP) is 4.72. The topological polar surface area (TPSA) is 95.6 Å². The van der Waals surface area contributed by atoms with Crippen molar-refractivity contribution in [1.29, 1.82) is 0 Å². The lowest BCUT2D eigenvalue weighted by Crippen LogP contribution is -2.40. The van der Waals surface area contributed by atoms with Gasteiger partial charge in [0.15, 0.2) is 6.54 Å². The van der Waals surface area contributed by atoms with Crippen LogP contribution in [-0.2, 0) is 6.54 Å². The maximum absolute atomic E-state index is 13.3. The largest absolute Gasteiger partial charge is 0.497 e. The van der Waals surface area contributed by atoms with Crippen molar-refractivity contribution in [2.45, 2.75) is 44.2 Å². The summed E-state index contributed by atoms with van der Waals surface area (Å²) in [6.45, 7) is 3.33. The Morgan fingerprint density at radius 3 is 2.39 bits per heavy atom. The quantitative estimate of drug-likeness (QED) is 0.262. The van der Waals surface area contributed by atoms with E-state index in [1.54, 1.807) is 0 Å². The Hall–Kier alpha value is -3.16. The van der Waals surface area contributed by atoms with Gasteiger partial charge in [-0.2, -0.15) is 0 Å². The molecule has 2 aromatic heterocycles. The van der Waals surface area contributed by atoms with Crippen molar-refractivity contribution in [3.8, 4) is 11.6 Å². The summed E-state index contributed by atoms with van der Waals surface area (Å²) in [4.78, 5) is 10.5. The summed E-state index contributed by atoms with van der Waals surface area (Å²) in [5.41, 5.74) is 5.48. The molecule has 0 saturated carbocycles. The number of aromatic nitrogens is 4. The SMILES string of the molecule is CCC(CC)Oc1ccc2n(n1)c(N)n[n+]2CC(=O)c1cc(OC)cc(S(F)(F)(F)(F)F)c1. The first-order chi connectivity index (χ1) is 15.1. The van der Waals surface area contributed by atoms with Gasteiger partial charge in [-0.25, -0.2) is 0 Å². The van der Waals surface area contributed by atoms with Gasteiger partial charge in [-0.05, 0) is 35.2 Å². The van der Waals surface area contributed by atoms with Crippen molar-refractivity contribution in [2.24, 2.45) is 0 Å². The molecule has 2 heterocycles. The Bertz CT molecular complexity index is 1210. The second-order valence-corrected chi connectivity index (χ2v) is 9.71. The zero-order valence-electron chi connectivity index (χ0n) is 18.0. The lowest BCUT2D eigenvalue weighted by Gasteiger charge is -2.40. The van der Waals surface area contributed by atoms with Crippen molar-refractivity contribution in [3.05, 3.63) is 35.9 Å². The molecule has 182 valence electrons. The summed E-state index contributed by atoms with van der Waals surface area (Å²) in [5.74, 6) is -1.29. The molecule has 0 saturated heterocycles. The molecule has 0 spiro atoms. The van der Waals surface area contributed by atoms with Crippen LogP contribution in [0, 0.1) is 0 Å². The van der Waals surface area contributed by atoms with Gasteiger partial charge in [-0.3, -0.25) is 4.79 Å². The minimum Gasteiger partial charge on any atom is -0.497 e. The maximum Gasteiger partial charge on any atom is 0.355 e. The van der Waals surface area contributed by atoms with Crippen molar-refractivity contribution in [1.82, 2.24) is 14.7 Å². The first-order valence-corrected chi connectivity index (χ1v) is 11.8. The fourth-order valence-corrected chi connectivity index (χ4v) is 3.78.